The minimum absolute atomic E-state index is 0.297. The molecule has 84 valence electrons. The lowest BCUT2D eigenvalue weighted by Gasteiger charge is -2.25. The van der Waals surface area contributed by atoms with Crippen molar-refractivity contribution in [3.8, 4) is 0 Å². The van der Waals surface area contributed by atoms with E-state index in [1.807, 2.05) is 27.7 Å². The van der Waals surface area contributed by atoms with Crippen LogP contribution in [-0.2, 0) is 9.53 Å². The molecule has 0 radical (unpaired) electrons. The molecule has 2 unspecified atom stereocenters. The third kappa shape index (κ3) is 5.22. The van der Waals surface area contributed by atoms with Crippen LogP contribution in [0, 0.1) is 5.92 Å². The van der Waals surface area contributed by atoms with E-state index in [0.717, 1.165) is 6.42 Å². The summed E-state index contributed by atoms with van der Waals surface area (Å²) in [4.78, 5) is 11.6. The summed E-state index contributed by atoms with van der Waals surface area (Å²) in [7, 11) is 0. The van der Waals surface area contributed by atoms with E-state index in [0.29, 0.717) is 6.42 Å². The second-order valence-electron chi connectivity index (χ2n) is 4.67. The van der Waals surface area contributed by atoms with Crippen molar-refractivity contribution >= 4 is 5.97 Å². The average Bonchev–Trinajstić information content (AvgIpc) is 1.95. The maximum Gasteiger partial charge on any atom is 0.312 e. The van der Waals surface area contributed by atoms with Gasteiger partial charge in [0, 0.05) is 0 Å². The van der Waals surface area contributed by atoms with Gasteiger partial charge in [0.25, 0.3) is 0 Å². The lowest BCUT2D eigenvalue weighted by atomic mass is 9.98. The van der Waals surface area contributed by atoms with Crippen molar-refractivity contribution < 1.29 is 14.6 Å². The minimum Gasteiger partial charge on any atom is -0.460 e. The molecular weight excluding hydrogens is 180 g/mol. The smallest absolute Gasteiger partial charge is 0.312 e. The normalized spacial score (nSPS) is 16.1. The minimum atomic E-state index is -0.634. The molecule has 2 atom stereocenters. The second kappa shape index (κ2) is 5.35. The summed E-state index contributed by atoms with van der Waals surface area (Å²) in [5.41, 5.74) is -0.474. The largest absolute Gasteiger partial charge is 0.460 e. The standard InChI is InChI=1S/C11H22O3/c1-6-7-9(8(2)12)10(13)14-11(3,4)5/h8-9,12H,6-7H2,1-5H3. The Balaban J connectivity index is 4.30. The molecule has 0 bridgehead atoms. The first-order valence-corrected chi connectivity index (χ1v) is 5.19. The zero-order valence-electron chi connectivity index (χ0n) is 9.83. The lowest BCUT2D eigenvalue weighted by Crippen LogP contribution is -2.33. The fourth-order valence-corrected chi connectivity index (χ4v) is 1.24. The summed E-state index contributed by atoms with van der Waals surface area (Å²) in [5, 5.41) is 9.41. The van der Waals surface area contributed by atoms with Crippen molar-refractivity contribution in [3.63, 3.8) is 0 Å². The summed E-state index contributed by atoms with van der Waals surface area (Å²) < 4.78 is 5.21. The quantitative estimate of drug-likeness (QED) is 0.710. The summed E-state index contributed by atoms with van der Waals surface area (Å²) in [5.74, 6) is -0.687. The van der Waals surface area contributed by atoms with E-state index in [1.165, 1.54) is 0 Å². The number of hydrogen-bond donors (Lipinski definition) is 1. The van der Waals surface area contributed by atoms with Crippen molar-refractivity contribution in [1.29, 1.82) is 0 Å². The predicted octanol–water partition coefficient (Wildman–Crippen LogP) is 2.13. The molecular formula is C11H22O3. The first-order chi connectivity index (χ1) is 6.28. The number of ether oxygens (including phenoxy) is 1. The number of hydrogen-bond acceptors (Lipinski definition) is 3. The van der Waals surface area contributed by atoms with Gasteiger partial charge in [0.15, 0.2) is 0 Å². The molecule has 0 heterocycles. The Kier molecular flexibility index (Phi) is 5.13. The second-order valence-corrected chi connectivity index (χ2v) is 4.67. The van der Waals surface area contributed by atoms with Crippen LogP contribution in [0.1, 0.15) is 47.5 Å². The molecule has 1 N–H and O–H groups in total. The molecule has 0 aromatic carbocycles. The van der Waals surface area contributed by atoms with Crippen molar-refractivity contribution in [2.75, 3.05) is 0 Å². The predicted molar refractivity (Wildman–Crippen MR) is 55.9 cm³/mol. The van der Waals surface area contributed by atoms with Gasteiger partial charge in [-0.25, -0.2) is 0 Å². The van der Waals surface area contributed by atoms with Crippen LogP contribution in [0.2, 0.25) is 0 Å². The third-order valence-electron chi connectivity index (χ3n) is 1.89. The molecule has 0 aromatic rings. The molecule has 3 nitrogen and oxygen atoms in total. The van der Waals surface area contributed by atoms with Crippen LogP contribution in [0.15, 0.2) is 0 Å². The zero-order valence-corrected chi connectivity index (χ0v) is 9.83. The summed E-state index contributed by atoms with van der Waals surface area (Å²) in [6.45, 7) is 9.10. The zero-order chi connectivity index (χ0) is 11.4. The highest BCUT2D eigenvalue weighted by atomic mass is 16.6. The molecule has 0 saturated carbocycles. The van der Waals surface area contributed by atoms with Gasteiger partial charge < -0.3 is 9.84 Å². The van der Waals surface area contributed by atoms with Crippen molar-refractivity contribution in [2.45, 2.75) is 59.2 Å². The Labute approximate surface area is 86.5 Å². The van der Waals surface area contributed by atoms with Crippen LogP contribution in [0.25, 0.3) is 0 Å². The van der Waals surface area contributed by atoms with Gasteiger partial charge in [-0.15, -0.1) is 0 Å². The van der Waals surface area contributed by atoms with Crippen LogP contribution in [-0.4, -0.2) is 22.8 Å². The van der Waals surface area contributed by atoms with Crippen LogP contribution < -0.4 is 0 Å². The highest BCUT2D eigenvalue weighted by Gasteiger charge is 2.27. The SMILES string of the molecule is CCCC(C(=O)OC(C)(C)C)C(C)O. The van der Waals surface area contributed by atoms with E-state index < -0.39 is 11.7 Å². The van der Waals surface area contributed by atoms with E-state index >= 15 is 0 Å². The number of aliphatic hydroxyl groups is 1. The van der Waals surface area contributed by atoms with E-state index in [1.54, 1.807) is 6.92 Å². The molecule has 0 spiro atoms. The van der Waals surface area contributed by atoms with Crippen LogP contribution in [0.3, 0.4) is 0 Å². The van der Waals surface area contributed by atoms with Crippen LogP contribution in [0.4, 0.5) is 0 Å². The summed E-state index contributed by atoms with van der Waals surface area (Å²) >= 11 is 0. The number of carbonyl (C=O) groups is 1. The first kappa shape index (κ1) is 13.4. The Morgan fingerprint density at radius 3 is 2.21 bits per heavy atom. The van der Waals surface area contributed by atoms with Crippen LogP contribution >= 0.6 is 0 Å². The molecule has 0 aromatic heterocycles. The lowest BCUT2D eigenvalue weighted by molar-refractivity contribution is -0.163. The maximum atomic E-state index is 11.6. The molecule has 0 aliphatic carbocycles. The molecule has 0 saturated heterocycles. The highest BCUT2D eigenvalue weighted by Crippen LogP contribution is 2.17. The number of carbonyl (C=O) groups excluding carboxylic acids is 1. The Morgan fingerprint density at radius 1 is 1.43 bits per heavy atom. The monoisotopic (exact) mass is 202 g/mol. The van der Waals surface area contributed by atoms with Crippen molar-refractivity contribution in [1.82, 2.24) is 0 Å². The van der Waals surface area contributed by atoms with Crippen molar-refractivity contribution in [2.24, 2.45) is 5.92 Å². The molecule has 0 aliphatic rings. The Morgan fingerprint density at radius 2 is 1.93 bits per heavy atom. The molecule has 0 aliphatic heterocycles. The van der Waals surface area contributed by atoms with Gasteiger partial charge >= 0.3 is 5.97 Å². The average molecular weight is 202 g/mol. The molecule has 0 fully saturated rings. The fourth-order valence-electron chi connectivity index (χ4n) is 1.24. The summed E-state index contributed by atoms with van der Waals surface area (Å²) in [6.07, 6.45) is 0.909. The van der Waals surface area contributed by atoms with Gasteiger partial charge in [0.1, 0.15) is 5.60 Å². The third-order valence-corrected chi connectivity index (χ3v) is 1.89. The maximum absolute atomic E-state index is 11.6. The van der Waals surface area contributed by atoms with E-state index in [9.17, 15) is 9.90 Å². The highest BCUT2D eigenvalue weighted by molar-refractivity contribution is 5.73. The van der Waals surface area contributed by atoms with Crippen LogP contribution in [0.5, 0.6) is 0 Å². The molecule has 14 heavy (non-hydrogen) atoms. The Hall–Kier alpha value is -0.570. The van der Waals surface area contributed by atoms with Gasteiger partial charge in [-0.1, -0.05) is 13.3 Å². The van der Waals surface area contributed by atoms with Gasteiger partial charge in [0.2, 0.25) is 0 Å². The Bertz CT molecular complexity index is 179. The van der Waals surface area contributed by atoms with Gasteiger partial charge in [-0.05, 0) is 34.1 Å². The van der Waals surface area contributed by atoms with Gasteiger partial charge in [-0.2, -0.15) is 0 Å². The van der Waals surface area contributed by atoms with Gasteiger partial charge in [-0.3, -0.25) is 4.79 Å². The number of esters is 1. The van der Waals surface area contributed by atoms with Gasteiger partial charge in [0.05, 0.1) is 12.0 Å². The first-order valence-electron chi connectivity index (χ1n) is 5.19. The van der Waals surface area contributed by atoms with Crippen molar-refractivity contribution in [3.05, 3.63) is 0 Å². The fraction of sp³-hybridized carbons (Fsp3) is 0.909. The number of rotatable bonds is 4. The molecule has 0 rings (SSSR count). The summed E-state index contributed by atoms with van der Waals surface area (Å²) in [6, 6.07) is 0. The van der Waals surface area contributed by atoms with E-state index in [-0.39, 0.29) is 11.9 Å². The van der Waals surface area contributed by atoms with E-state index in [4.69, 9.17) is 4.74 Å². The number of aliphatic hydroxyl groups excluding tert-OH is 1. The topological polar surface area (TPSA) is 46.5 Å². The molecule has 3 heteroatoms. The van der Waals surface area contributed by atoms with E-state index in [2.05, 4.69) is 0 Å². The molecule has 0 amide bonds.